The summed E-state index contributed by atoms with van der Waals surface area (Å²) in [7, 11) is 0. The van der Waals surface area contributed by atoms with Gasteiger partial charge in [0, 0.05) is 37.1 Å². The number of ether oxygens (including phenoxy) is 1. The summed E-state index contributed by atoms with van der Waals surface area (Å²) >= 11 is 1.64. The average molecular weight is 503 g/mol. The number of thioether (sulfide) groups is 1. The second-order valence-corrected chi connectivity index (χ2v) is 11.5. The van der Waals surface area contributed by atoms with Crippen molar-refractivity contribution in [3.63, 3.8) is 0 Å². The van der Waals surface area contributed by atoms with Crippen molar-refractivity contribution in [2.75, 3.05) is 51.3 Å². The smallest absolute Gasteiger partial charge is 0.244 e. The van der Waals surface area contributed by atoms with Crippen LogP contribution in [0.4, 0.5) is 5.69 Å². The van der Waals surface area contributed by atoms with E-state index in [0.29, 0.717) is 31.9 Å². The Morgan fingerprint density at radius 1 is 1.23 bits per heavy atom. The average Bonchev–Trinajstić information content (AvgIpc) is 3.52. The third kappa shape index (κ3) is 4.34. The van der Waals surface area contributed by atoms with Crippen LogP contribution in [0.5, 0.6) is 0 Å². The molecule has 0 aromatic heterocycles. The lowest BCUT2D eigenvalue weighted by atomic mass is 9.70. The summed E-state index contributed by atoms with van der Waals surface area (Å²) in [6, 6.07) is 8.05. The van der Waals surface area contributed by atoms with Crippen molar-refractivity contribution < 1.29 is 24.2 Å². The Balaban J connectivity index is 1.36. The van der Waals surface area contributed by atoms with Crippen molar-refractivity contribution in [3.8, 4) is 0 Å². The molecule has 4 saturated heterocycles. The van der Waals surface area contributed by atoms with Crippen LogP contribution in [0.15, 0.2) is 30.3 Å². The highest BCUT2D eigenvalue weighted by molar-refractivity contribution is 8.02. The zero-order valence-electron chi connectivity index (χ0n) is 20.0. The second-order valence-electron chi connectivity index (χ2n) is 9.93. The number of carbonyl (C=O) groups excluding carboxylic acids is 3. The molecule has 35 heavy (non-hydrogen) atoms. The lowest BCUT2D eigenvalue weighted by Gasteiger charge is -2.36. The minimum absolute atomic E-state index is 0.00268. The van der Waals surface area contributed by atoms with Gasteiger partial charge in [0.1, 0.15) is 6.04 Å². The van der Waals surface area contributed by atoms with Crippen LogP contribution in [-0.4, -0.2) is 101 Å². The number of para-hydroxylation sites is 1. The molecule has 6 atom stereocenters. The van der Waals surface area contributed by atoms with E-state index in [1.807, 2.05) is 30.3 Å². The van der Waals surface area contributed by atoms with E-state index in [2.05, 4.69) is 15.5 Å². The highest BCUT2D eigenvalue weighted by Crippen LogP contribution is 2.66. The van der Waals surface area contributed by atoms with Crippen LogP contribution in [-0.2, 0) is 19.1 Å². The SMILES string of the molecule is C[C@H](CO)N1C(=O)[C@@H]2[C@@H](C(=O)Nc3ccccc3)[C@H]3CCC2(S3)C1C(=O)NCCN1CCOCC1. The van der Waals surface area contributed by atoms with Gasteiger partial charge in [-0.3, -0.25) is 19.3 Å². The molecule has 9 nitrogen and oxygen atoms in total. The monoisotopic (exact) mass is 502 g/mol. The Bertz CT molecular complexity index is 958. The Morgan fingerprint density at radius 3 is 2.69 bits per heavy atom. The largest absolute Gasteiger partial charge is 0.394 e. The number of carbonyl (C=O) groups is 3. The number of hydrogen-bond acceptors (Lipinski definition) is 7. The van der Waals surface area contributed by atoms with E-state index in [1.165, 1.54) is 0 Å². The third-order valence-corrected chi connectivity index (χ3v) is 9.85. The van der Waals surface area contributed by atoms with E-state index < -0.39 is 28.7 Å². The van der Waals surface area contributed by atoms with Crippen molar-refractivity contribution in [2.24, 2.45) is 11.8 Å². The number of fused-ring (bicyclic) bond motifs is 1. The Kier molecular flexibility index (Phi) is 7.07. The molecule has 4 aliphatic heterocycles. The van der Waals surface area contributed by atoms with Crippen LogP contribution >= 0.6 is 11.8 Å². The van der Waals surface area contributed by atoms with Crippen molar-refractivity contribution in [2.45, 2.75) is 41.8 Å². The van der Waals surface area contributed by atoms with Gasteiger partial charge < -0.3 is 25.4 Å². The lowest BCUT2D eigenvalue weighted by molar-refractivity contribution is -0.141. The van der Waals surface area contributed by atoms with Crippen LogP contribution < -0.4 is 10.6 Å². The maximum atomic E-state index is 13.8. The number of anilines is 1. The van der Waals surface area contributed by atoms with Gasteiger partial charge in [-0.05, 0) is 31.9 Å². The first kappa shape index (κ1) is 24.5. The molecule has 1 spiro atoms. The van der Waals surface area contributed by atoms with E-state index >= 15 is 0 Å². The molecule has 4 fully saturated rings. The molecule has 0 saturated carbocycles. The molecule has 3 N–H and O–H groups in total. The Labute approximate surface area is 209 Å². The number of nitrogens with one attached hydrogen (secondary N) is 2. The van der Waals surface area contributed by atoms with Gasteiger partial charge in [0.15, 0.2) is 0 Å². The molecule has 3 amide bonds. The number of likely N-dealkylation sites (tertiary alicyclic amines) is 1. The highest BCUT2D eigenvalue weighted by Gasteiger charge is 2.74. The van der Waals surface area contributed by atoms with Gasteiger partial charge in [-0.25, -0.2) is 0 Å². The minimum atomic E-state index is -0.698. The lowest BCUT2D eigenvalue weighted by Crippen LogP contribution is -2.56. The fraction of sp³-hybridized carbons (Fsp3) is 0.640. The van der Waals surface area contributed by atoms with E-state index in [1.54, 1.807) is 23.6 Å². The first-order valence-corrected chi connectivity index (χ1v) is 13.4. The Hall–Kier alpha value is -2.14. The summed E-state index contributed by atoms with van der Waals surface area (Å²) < 4.78 is 4.74. The first-order chi connectivity index (χ1) is 17.0. The number of aliphatic hydroxyl groups is 1. The van der Waals surface area contributed by atoms with Gasteiger partial charge in [-0.1, -0.05) is 18.2 Å². The number of hydrogen-bond donors (Lipinski definition) is 3. The molecule has 2 unspecified atom stereocenters. The summed E-state index contributed by atoms with van der Waals surface area (Å²) in [4.78, 5) is 44.6. The van der Waals surface area contributed by atoms with Crippen LogP contribution in [0.1, 0.15) is 19.8 Å². The first-order valence-electron chi connectivity index (χ1n) is 12.5. The number of benzene rings is 1. The van der Waals surface area contributed by atoms with Crippen LogP contribution in [0.25, 0.3) is 0 Å². The van der Waals surface area contributed by atoms with Crippen LogP contribution in [0.2, 0.25) is 0 Å². The van der Waals surface area contributed by atoms with Gasteiger partial charge in [0.2, 0.25) is 17.7 Å². The minimum Gasteiger partial charge on any atom is -0.394 e. The number of nitrogens with zero attached hydrogens (tertiary/aromatic N) is 2. The molecule has 0 aliphatic carbocycles. The summed E-state index contributed by atoms with van der Waals surface area (Å²) in [5, 5.41) is 16.0. The third-order valence-electron chi connectivity index (χ3n) is 7.90. The molecule has 10 heteroatoms. The number of rotatable bonds is 8. The van der Waals surface area contributed by atoms with Crippen molar-refractivity contribution >= 4 is 35.2 Å². The van der Waals surface area contributed by atoms with Crippen molar-refractivity contribution in [1.29, 1.82) is 0 Å². The molecule has 0 radical (unpaired) electrons. The number of amides is 3. The number of aliphatic hydroxyl groups excluding tert-OH is 1. The van der Waals surface area contributed by atoms with Gasteiger partial charge in [-0.15, -0.1) is 11.8 Å². The van der Waals surface area contributed by atoms with Crippen LogP contribution in [0.3, 0.4) is 0 Å². The molecule has 190 valence electrons. The van der Waals surface area contributed by atoms with E-state index in [9.17, 15) is 19.5 Å². The molecular weight excluding hydrogens is 468 g/mol. The van der Waals surface area contributed by atoms with Crippen molar-refractivity contribution in [3.05, 3.63) is 30.3 Å². The predicted octanol–water partition coefficient (Wildman–Crippen LogP) is 0.546. The molecule has 5 rings (SSSR count). The van der Waals surface area contributed by atoms with E-state index in [4.69, 9.17) is 4.74 Å². The van der Waals surface area contributed by atoms with E-state index in [0.717, 1.165) is 26.1 Å². The topological polar surface area (TPSA) is 111 Å². The maximum Gasteiger partial charge on any atom is 0.244 e. The molecular formula is C25H34N4O5S. The normalized spacial score (nSPS) is 33.0. The van der Waals surface area contributed by atoms with Gasteiger partial charge in [-0.2, -0.15) is 0 Å². The van der Waals surface area contributed by atoms with Gasteiger partial charge in [0.05, 0.1) is 42.4 Å². The molecule has 2 bridgehead atoms. The molecule has 1 aromatic rings. The Morgan fingerprint density at radius 2 is 1.97 bits per heavy atom. The highest BCUT2D eigenvalue weighted by atomic mass is 32.2. The fourth-order valence-electron chi connectivity index (χ4n) is 6.26. The summed E-state index contributed by atoms with van der Waals surface area (Å²) in [5.41, 5.74) is 0.697. The fourth-order valence-corrected chi connectivity index (χ4v) is 8.46. The standard InChI is InChI=1S/C25H34N4O5S/c1-16(15-30)29-21(23(32)26-9-10-28-11-13-34-14-12-28)25-8-7-18(35-25)19(20(25)24(29)33)22(31)27-17-5-3-2-4-6-17/h2-6,16,18-21,30H,7-15H2,1H3,(H,26,32)(H,27,31)/t16-,18-,19+,20+,21?,25?/m1/s1. The summed E-state index contributed by atoms with van der Waals surface area (Å²) in [6.45, 7) is 5.81. The van der Waals surface area contributed by atoms with Gasteiger partial charge >= 0.3 is 0 Å². The van der Waals surface area contributed by atoms with E-state index in [-0.39, 0.29) is 29.6 Å². The molecule has 4 aliphatic rings. The summed E-state index contributed by atoms with van der Waals surface area (Å²) in [5.74, 6) is -1.62. The predicted molar refractivity (Wildman–Crippen MR) is 133 cm³/mol. The number of morpholine rings is 1. The summed E-state index contributed by atoms with van der Waals surface area (Å²) in [6.07, 6.45) is 1.50. The second kappa shape index (κ2) is 10.1. The van der Waals surface area contributed by atoms with Crippen LogP contribution in [0, 0.1) is 11.8 Å². The zero-order valence-corrected chi connectivity index (χ0v) is 20.8. The molecule has 4 heterocycles. The van der Waals surface area contributed by atoms with Crippen molar-refractivity contribution in [1.82, 2.24) is 15.1 Å². The maximum absolute atomic E-state index is 13.8. The van der Waals surface area contributed by atoms with Gasteiger partial charge in [0.25, 0.3) is 0 Å². The zero-order chi connectivity index (χ0) is 24.6. The quantitative estimate of drug-likeness (QED) is 0.476. The molecule has 1 aromatic carbocycles.